The molecule has 0 spiro atoms. The van der Waals surface area contributed by atoms with E-state index in [1.54, 1.807) is 6.92 Å². The van der Waals surface area contributed by atoms with Crippen molar-refractivity contribution in [1.29, 1.82) is 0 Å². The van der Waals surface area contributed by atoms with E-state index in [9.17, 15) is 22.8 Å². The highest BCUT2D eigenvalue weighted by molar-refractivity contribution is 8.00. The third-order valence-corrected chi connectivity index (χ3v) is 6.01. The van der Waals surface area contributed by atoms with Gasteiger partial charge in [0.1, 0.15) is 5.69 Å². The molecule has 3 aromatic carbocycles. The number of halogens is 3. The normalized spacial score (nSPS) is 11.7. The Morgan fingerprint density at radius 1 is 0.917 bits per heavy atom. The number of rotatable bonds is 8. The number of nitrogens with zero attached hydrogens (tertiary/aromatic N) is 1. The van der Waals surface area contributed by atoms with Gasteiger partial charge in [0.15, 0.2) is 23.2 Å². The lowest BCUT2D eigenvalue weighted by molar-refractivity contribution is -0.123. The summed E-state index contributed by atoms with van der Waals surface area (Å²) in [4.78, 5) is 29.2. The number of anilines is 1. The molecule has 1 aromatic heterocycles. The Morgan fingerprint density at radius 3 is 2.22 bits per heavy atom. The van der Waals surface area contributed by atoms with Gasteiger partial charge in [0.05, 0.1) is 17.5 Å². The van der Waals surface area contributed by atoms with Crippen LogP contribution in [0, 0.1) is 17.5 Å². The predicted octanol–water partition coefficient (Wildman–Crippen LogP) is 5.66. The van der Waals surface area contributed by atoms with Gasteiger partial charge in [0.2, 0.25) is 11.8 Å². The second-order valence-corrected chi connectivity index (χ2v) is 8.93. The van der Waals surface area contributed by atoms with Gasteiger partial charge in [-0.1, -0.05) is 72.4 Å². The third-order valence-electron chi connectivity index (χ3n) is 5.07. The van der Waals surface area contributed by atoms with Crippen molar-refractivity contribution in [1.82, 2.24) is 10.3 Å². The minimum Gasteiger partial charge on any atom is -0.431 e. The van der Waals surface area contributed by atoms with Crippen molar-refractivity contribution in [2.75, 3.05) is 11.9 Å². The van der Waals surface area contributed by atoms with Crippen LogP contribution >= 0.6 is 11.8 Å². The van der Waals surface area contributed by atoms with E-state index in [0.29, 0.717) is 17.5 Å². The fourth-order valence-corrected chi connectivity index (χ4v) is 4.03. The maximum absolute atomic E-state index is 13.7. The smallest absolute Gasteiger partial charge is 0.257 e. The average molecular weight is 512 g/mol. The van der Waals surface area contributed by atoms with Crippen molar-refractivity contribution >= 4 is 29.3 Å². The predicted molar refractivity (Wildman–Crippen MR) is 131 cm³/mol. The van der Waals surface area contributed by atoms with Crippen molar-refractivity contribution in [2.24, 2.45) is 0 Å². The van der Waals surface area contributed by atoms with Crippen molar-refractivity contribution in [3.63, 3.8) is 0 Å². The van der Waals surface area contributed by atoms with Crippen molar-refractivity contribution in [3.05, 3.63) is 90.2 Å². The number of carbonyl (C=O) groups is 2. The van der Waals surface area contributed by atoms with Gasteiger partial charge in [-0.15, -0.1) is 0 Å². The van der Waals surface area contributed by atoms with E-state index in [-0.39, 0.29) is 5.22 Å². The number of aromatic nitrogens is 1. The van der Waals surface area contributed by atoms with Crippen LogP contribution in [0.5, 0.6) is 0 Å². The summed E-state index contributed by atoms with van der Waals surface area (Å²) in [5.74, 6) is -5.34. The molecule has 4 rings (SSSR count). The van der Waals surface area contributed by atoms with Crippen LogP contribution < -0.4 is 10.6 Å². The lowest BCUT2D eigenvalue weighted by Gasteiger charge is -2.11. The quantitative estimate of drug-likeness (QED) is 0.236. The van der Waals surface area contributed by atoms with Crippen LogP contribution in [0.4, 0.5) is 18.9 Å². The zero-order valence-electron chi connectivity index (χ0n) is 18.9. The average Bonchev–Trinajstić information content (AvgIpc) is 3.32. The molecule has 1 heterocycles. The maximum Gasteiger partial charge on any atom is 0.257 e. The molecule has 0 saturated heterocycles. The number of thioether (sulfide) groups is 1. The number of oxazole rings is 1. The molecule has 6 nitrogen and oxygen atoms in total. The fourth-order valence-electron chi connectivity index (χ4n) is 3.26. The van der Waals surface area contributed by atoms with Gasteiger partial charge in [-0.05, 0) is 19.1 Å². The molecule has 2 amide bonds. The standard InChI is InChI=1S/C26H20F3N3O3S/c1-15(25(34)30-14-20(33)31-19-13-12-18(27)21(28)22(19)29)36-26-32-23(16-8-4-2-5-9-16)24(35-26)17-10-6-3-7-11-17/h2-13,15H,14H2,1H3,(H,30,34)(H,31,33)/t15-/m1/s1. The first kappa shape index (κ1) is 25.1. The fraction of sp³-hybridized carbons (Fsp3) is 0.115. The molecule has 0 unspecified atom stereocenters. The molecule has 0 fully saturated rings. The Morgan fingerprint density at radius 2 is 1.56 bits per heavy atom. The maximum atomic E-state index is 13.7. The first-order valence-electron chi connectivity index (χ1n) is 10.8. The molecule has 0 bridgehead atoms. The Kier molecular flexibility index (Phi) is 7.74. The van der Waals surface area contributed by atoms with E-state index in [4.69, 9.17) is 4.42 Å². The van der Waals surface area contributed by atoms with E-state index in [0.717, 1.165) is 29.0 Å². The van der Waals surface area contributed by atoms with Crippen LogP contribution in [0.2, 0.25) is 0 Å². The molecule has 4 aromatic rings. The van der Waals surface area contributed by atoms with Crippen LogP contribution in [0.1, 0.15) is 6.92 Å². The zero-order valence-corrected chi connectivity index (χ0v) is 19.7. The highest BCUT2D eigenvalue weighted by atomic mass is 32.2. The topological polar surface area (TPSA) is 84.2 Å². The molecule has 36 heavy (non-hydrogen) atoms. The number of carbonyl (C=O) groups excluding carboxylic acids is 2. The first-order chi connectivity index (χ1) is 17.3. The Balaban J connectivity index is 1.42. The lowest BCUT2D eigenvalue weighted by atomic mass is 10.1. The van der Waals surface area contributed by atoms with Gasteiger partial charge in [-0.2, -0.15) is 0 Å². The van der Waals surface area contributed by atoms with E-state index < -0.39 is 46.7 Å². The highest BCUT2D eigenvalue weighted by Crippen LogP contribution is 2.36. The summed E-state index contributed by atoms with van der Waals surface area (Å²) in [6.07, 6.45) is 0. The van der Waals surface area contributed by atoms with E-state index in [1.807, 2.05) is 60.7 Å². The molecular formula is C26H20F3N3O3S. The molecule has 0 radical (unpaired) electrons. The number of benzene rings is 3. The second kappa shape index (κ2) is 11.1. The van der Waals surface area contributed by atoms with Crippen LogP contribution in [0.15, 0.2) is 82.4 Å². The lowest BCUT2D eigenvalue weighted by Crippen LogP contribution is -2.37. The summed E-state index contributed by atoms with van der Waals surface area (Å²) in [7, 11) is 0. The minimum absolute atomic E-state index is 0.267. The van der Waals surface area contributed by atoms with Crippen LogP contribution in [0.3, 0.4) is 0 Å². The molecular weight excluding hydrogens is 491 g/mol. The molecule has 1 atom stereocenters. The van der Waals surface area contributed by atoms with Crippen molar-refractivity contribution in [2.45, 2.75) is 17.4 Å². The molecule has 0 saturated carbocycles. The number of nitrogens with one attached hydrogen (secondary N) is 2. The molecule has 0 aliphatic rings. The first-order valence-corrected chi connectivity index (χ1v) is 11.7. The molecule has 0 aliphatic carbocycles. The summed E-state index contributed by atoms with van der Waals surface area (Å²) in [5.41, 5.74) is 1.78. The third kappa shape index (κ3) is 5.77. The summed E-state index contributed by atoms with van der Waals surface area (Å²) < 4.78 is 46.1. The largest absolute Gasteiger partial charge is 0.431 e. The van der Waals surface area contributed by atoms with E-state index in [2.05, 4.69) is 15.6 Å². The van der Waals surface area contributed by atoms with Gasteiger partial charge in [-0.3, -0.25) is 9.59 Å². The summed E-state index contributed by atoms with van der Waals surface area (Å²) in [5, 5.41) is 4.09. The molecule has 184 valence electrons. The Bertz CT molecular complexity index is 1320. The second-order valence-electron chi connectivity index (χ2n) is 7.64. The number of hydrogen-bond acceptors (Lipinski definition) is 5. The molecule has 10 heteroatoms. The van der Waals surface area contributed by atoms with Gasteiger partial charge < -0.3 is 15.1 Å². The van der Waals surface area contributed by atoms with Gasteiger partial charge in [-0.25, -0.2) is 18.2 Å². The van der Waals surface area contributed by atoms with Crippen molar-refractivity contribution in [3.8, 4) is 22.6 Å². The summed E-state index contributed by atoms with van der Waals surface area (Å²) in [6, 6.07) is 20.5. The van der Waals surface area contributed by atoms with Crippen molar-refractivity contribution < 1.29 is 27.2 Å². The Hall–Kier alpha value is -4.05. The monoisotopic (exact) mass is 511 g/mol. The number of hydrogen-bond donors (Lipinski definition) is 2. The van der Waals surface area contributed by atoms with Gasteiger partial charge in [0, 0.05) is 11.1 Å². The van der Waals surface area contributed by atoms with E-state index in [1.165, 1.54) is 0 Å². The SMILES string of the molecule is C[C@@H](Sc1nc(-c2ccccc2)c(-c2ccccc2)o1)C(=O)NCC(=O)Nc1ccc(F)c(F)c1F. The molecule has 2 N–H and O–H groups in total. The summed E-state index contributed by atoms with van der Waals surface area (Å²) >= 11 is 1.06. The van der Waals surface area contributed by atoms with Crippen LogP contribution in [-0.4, -0.2) is 28.6 Å². The Labute approximate surface area is 208 Å². The number of amides is 2. The minimum atomic E-state index is -1.70. The van der Waals surface area contributed by atoms with Gasteiger partial charge in [0.25, 0.3) is 5.22 Å². The molecule has 0 aliphatic heterocycles. The van der Waals surface area contributed by atoms with Gasteiger partial charge >= 0.3 is 0 Å². The highest BCUT2D eigenvalue weighted by Gasteiger charge is 2.22. The van der Waals surface area contributed by atoms with Crippen LogP contribution in [-0.2, 0) is 9.59 Å². The zero-order chi connectivity index (χ0) is 25.7. The summed E-state index contributed by atoms with van der Waals surface area (Å²) in [6.45, 7) is 1.11. The van der Waals surface area contributed by atoms with E-state index >= 15 is 0 Å². The van der Waals surface area contributed by atoms with Crippen LogP contribution in [0.25, 0.3) is 22.6 Å².